The van der Waals surface area contributed by atoms with E-state index in [2.05, 4.69) is 32.8 Å². The first kappa shape index (κ1) is 12.9. The van der Waals surface area contributed by atoms with Crippen molar-refractivity contribution in [3.63, 3.8) is 0 Å². The first-order valence-corrected chi connectivity index (χ1v) is 6.53. The Morgan fingerprint density at radius 1 is 1.44 bits per heavy atom. The van der Waals surface area contributed by atoms with Gasteiger partial charge in [-0.05, 0) is 18.6 Å². The van der Waals surface area contributed by atoms with Gasteiger partial charge >= 0.3 is 0 Å². The van der Waals surface area contributed by atoms with Crippen LogP contribution in [0.4, 0.5) is 0 Å². The number of nitrogens with one attached hydrogen (secondary N) is 2. The predicted molar refractivity (Wildman–Crippen MR) is 77.8 cm³/mol. The monoisotopic (exact) mass is 306 g/mol. The zero-order valence-corrected chi connectivity index (χ0v) is 11.8. The van der Waals surface area contributed by atoms with Crippen molar-refractivity contribution < 1.29 is 4.79 Å². The molecule has 0 aliphatic heterocycles. The summed E-state index contributed by atoms with van der Waals surface area (Å²) in [5, 5.41) is 3.93. The number of benzene rings is 1. The summed E-state index contributed by atoms with van der Waals surface area (Å²) in [7, 11) is 0. The Bertz CT molecular complexity index is 601. The number of carbonyl (C=O) groups is 1. The molecule has 0 spiro atoms. The smallest absolute Gasteiger partial charge is 0.224 e. The highest BCUT2D eigenvalue weighted by molar-refractivity contribution is 9.11. The van der Waals surface area contributed by atoms with Crippen LogP contribution >= 0.6 is 15.9 Å². The largest absolute Gasteiger partial charge is 0.358 e. The number of carbonyl (C=O) groups excluding carboxylic acids is 1. The second-order valence-corrected chi connectivity index (χ2v) is 5.37. The third kappa shape index (κ3) is 2.82. The zero-order chi connectivity index (χ0) is 13.1. The van der Waals surface area contributed by atoms with E-state index in [1.807, 2.05) is 31.2 Å². The highest BCUT2D eigenvalue weighted by atomic mass is 79.9. The second kappa shape index (κ2) is 5.40. The summed E-state index contributed by atoms with van der Waals surface area (Å²) in [5.41, 5.74) is 3.18. The van der Waals surface area contributed by atoms with E-state index in [-0.39, 0.29) is 5.91 Å². The number of halogens is 1. The zero-order valence-electron chi connectivity index (χ0n) is 10.2. The molecule has 0 saturated heterocycles. The van der Waals surface area contributed by atoms with E-state index in [9.17, 15) is 4.79 Å². The Morgan fingerprint density at radius 2 is 2.17 bits per heavy atom. The number of hydrogen-bond donors (Lipinski definition) is 2. The average Bonchev–Trinajstić information content (AvgIpc) is 2.64. The van der Waals surface area contributed by atoms with Crippen molar-refractivity contribution in [3.8, 4) is 0 Å². The number of rotatable bonds is 4. The number of aromatic nitrogens is 1. The van der Waals surface area contributed by atoms with E-state index in [1.54, 1.807) is 0 Å². The van der Waals surface area contributed by atoms with Gasteiger partial charge < -0.3 is 10.3 Å². The van der Waals surface area contributed by atoms with Crippen LogP contribution in [0.25, 0.3) is 10.9 Å². The molecule has 2 N–H and O–H groups in total. The maximum absolute atomic E-state index is 11.8. The van der Waals surface area contributed by atoms with Gasteiger partial charge in [0.2, 0.25) is 5.91 Å². The topological polar surface area (TPSA) is 44.9 Å². The van der Waals surface area contributed by atoms with Gasteiger partial charge in [-0.2, -0.15) is 0 Å². The Morgan fingerprint density at radius 3 is 2.89 bits per heavy atom. The fraction of sp³-hybridized carbons (Fsp3) is 0.214. The van der Waals surface area contributed by atoms with E-state index >= 15 is 0 Å². The van der Waals surface area contributed by atoms with Crippen LogP contribution < -0.4 is 5.32 Å². The standard InChI is InChI=1S/C14H15BrN2O/c1-9(15)8-16-14(18)7-12-10(2)17-13-6-4-3-5-11(12)13/h3-6,17H,1,7-8H2,2H3,(H,16,18). The van der Waals surface area contributed by atoms with Crippen LogP contribution in [0.1, 0.15) is 11.3 Å². The molecule has 2 aromatic rings. The number of hydrogen-bond acceptors (Lipinski definition) is 1. The number of aromatic amines is 1. The maximum Gasteiger partial charge on any atom is 0.224 e. The first-order valence-electron chi connectivity index (χ1n) is 5.74. The molecule has 0 aliphatic rings. The van der Waals surface area contributed by atoms with Crippen molar-refractivity contribution in [3.05, 3.63) is 46.6 Å². The van der Waals surface area contributed by atoms with Crippen LogP contribution in [-0.4, -0.2) is 17.4 Å². The minimum atomic E-state index is 0.00320. The van der Waals surface area contributed by atoms with E-state index < -0.39 is 0 Å². The average molecular weight is 307 g/mol. The molecule has 0 bridgehead atoms. The summed E-state index contributed by atoms with van der Waals surface area (Å²) in [5.74, 6) is 0.00320. The van der Waals surface area contributed by atoms with E-state index in [0.717, 1.165) is 26.6 Å². The first-order chi connectivity index (χ1) is 8.58. The fourth-order valence-electron chi connectivity index (χ4n) is 1.98. The number of fused-ring (bicyclic) bond motifs is 1. The molecule has 2 rings (SSSR count). The molecule has 3 nitrogen and oxygen atoms in total. The van der Waals surface area contributed by atoms with Gasteiger partial charge in [-0.15, -0.1) is 0 Å². The third-order valence-corrected chi connectivity index (χ3v) is 3.12. The predicted octanol–water partition coefficient (Wildman–Crippen LogP) is 3.04. The van der Waals surface area contributed by atoms with Crippen LogP contribution in [-0.2, 0) is 11.2 Å². The lowest BCUT2D eigenvalue weighted by Gasteiger charge is -2.04. The molecule has 94 valence electrons. The Hall–Kier alpha value is -1.55. The summed E-state index contributed by atoms with van der Waals surface area (Å²) >= 11 is 3.22. The number of amides is 1. The number of aryl methyl sites for hydroxylation is 1. The highest BCUT2D eigenvalue weighted by Crippen LogP contribution is 2.22. The van der Waals surface area contributed by atoms with Gasteiger partial charge in [0.05, 0.1) is 6.42 Å². The molecule has 0 fully saturated rings. The van der Waals surface area contributed by atoms with Crippen LogP contribution in [0.2, 0.25) is 0 Å². The molecule has 0 atom stereocenters. The fourth-order valence-corrected chi connectivity index (χ4v) is 2.12. The van der Waals surface area contributed by atoms with Crippen molar-refractivity contribution in [2.75, 3.05) is 6.54 Å². The molecule has 1 aromatic carbocycles. The number of H-pyrrole nitrogens is 1. The van der Waals surface area contributed by atoms with Crippen LogP contribution in [0.15, 0.2) is 35.3 Å². The van der Waals surface area contributed by atoms with Gasteiger partial charge in [-0.1, -0.05) is 40.7 Å². The molecule has 0 radical (unpaired) electrons. The number of para-hydroxylation sites is 1. The molecule has 1 heterocycles. The van der Waals surface area contributed by atoms with Crippen LogP contribution in [0.5, 0.6) is 0 Å². The van der Waals surface area contributed by atoms with Crippen molar-refractivity contribution >= 4 is 32.7 Å². The molecular formula is C14H15BrN2O. The van der Waals surface area contributed by atoms with Crippen molar-refractivity contribution in [2.45, 2.75) is 13.3 Å². The van der Waals surface area contributed by atoms with Gasteiger partial charge in [0.15, 0.2) is 0 Å². The van der Waals surface area contributed by atoms with Gasteiger partial charge in [0.25, 0.3) is 0 Å². The van der Waals surface area contributed by atoms with Crippen LogP contribution in [0.3, 0.4) is 0 Å². The molecule has 0 saturated carbocycles. The molecule has 4 heteroatoms. The summed E-state index contributed by atoms with van der Waals surface area (Å²) in [4.78, 5) is 15.1. The SMILES string of the molecule is C=C(Br)CNC(=O)Cc1c(C)[nH]c2ccccc12. The van der Waals surface area contributed by atoms with Crippen molar-refractivity contribution in [1.82, 2.24) is 10.3 Å². The maximum atomic E-state index is 11.8. The van der Waals surface area contributed by atoms with Gasteiger partial charge in [-0.25, -0.2) is 0 Å². The molecule has 1 amide bonds. The van der Waals surface area contributed by atoms with Gasteiger partial charge in [0.1, 0.15) is 0 Å². The van der Waals surface area contributed by atoms with E-state index in [0.29, 0.717) is 13.0 Å². The third-order valence-electron chi connectivity index (χ3n) is 2.84. The molecule has 1 aromatic heterocycles. The lowest BCUT2D eigenvalue weighted by molar-refractivity contribution is -0.120. The van der Waals surface area contributed by atoms with Crippen molar-refractivity contribution in [1.29, 1.82) is 0 Å². The minimum Gasteiger partial charge on any atom is -0.358 e. The van der Waals surface area contributed by atoms with E-state index in [4.69, 9.17) is 0 Å². The normalized spacial score (nSPS) is 10.6. The lowest BCUT2D eigenvalue weighted by Crippen LogP contribution is -2.26. The van der Waals surface area contributed by atoms with Crippen molar-refractivity contribution in [2.24, 2.45) is 0 Å². The highest BCUT2D eigenvalue weighted by Gasteiger charge is 2.11. The van der Waals surface area contributed by atoms with E-state index in [1.165, 1.54) is 0 Å². The van der Waals surface area contributed by atoms with Gasteiger partial charge in [0, 0.05) is 27.6 Å². The summed E-state index contributed by atoms with van der Waals surface area (Å²) in [6, 6.07) is 8.02. The van der Waals surface area contributed by atoms with Crippen LogP contribution in [0, 0.1) is 6.92 Å². The minimum absolute atomic E-state index is 0.00320. The summed E-state index contributed by atoms with van der Waals surface area (Å²) < 4.78 is 0.770. The molecular weight excluding hydrogens is 292 g/mol. The summed E-state index contributed by atoms with van der Waals surface area (Å²) in [6.45, 7) is 6.14. The molecule has 0 unspecified atom stereocenters. The Labute approximate surface area is 114 Å². The second-order valence-electron chi connectivity index (χ2n) is 4.24. The lowest BCUT2D eigenvalue weighted by atomic mass is 10.1. The Kier molecular flexibility index (Phi) is 3.87. The molecule has 18 heavy (non-hydrogen) atoms. The van der Waals surface area contributed by atoms with Gasteiger partial charge in [-0.3, -0.25) is 4.79 Å². The quantitative estimate of drug-likeness (QED) is 0.896. The Balaban J connectivity index is 2.18. The molecule has 0 aliphatic carbocycles. The summed E-state index contributed by atoms with van der Waals surface area (Å²) in [6.07, 6.45) is 0.385.